The maximum atomic E-state index is 11.9. The quantitative estimate of drug-likeness (QED) is 0.883. The summed E-state index contributed by atoms with van der Waals surface area (Å²) in [5.74, 6) is 1.02. The molecular weight excluding hydrogens is 280 g/mol. The number of rotatable bonds is 4. The van der Waals surface area contributed by atoms with Crippen molar-refractivity contribution in [3.63, 3.8) is 0 Å². The third-order valence-electron chi connectivity index (χ3n) is 5.01. The lowest BCUT2D eigenvalue weighted by atomic mass is 9.82. The summed E-state index contributed by atoms with van der Waals surface area (Å²) < 4.78 is 6.28. The van der Waals surface area contributed by atoms with E-state index in [1.807, 2.05) is 6.20 Å². The number of nitrogens with zero attached hydrogens (tertiary/aromatic N) is 2. The second kappa shape index (κ2) is 5.66. The fourth-order valence-electron chi connectivity index (χ4n) is 4.21. The Hall–Kier alpha value is -1.40. The molecule has 22 heavy (non-hydrogen) atoms. The molecule has 0 saturated carbocycles. The third-order valence-corrected chi connectivity index (χ3v) is 5.01. The van der Waals surface area contributed by atoms with Crippen LogP contribution >= 0.6 is 0 Å². The lowest BCUT2D eigenvalue weighted by molar-refractivity contribution is -0.126. The van der Waals surface area contributed by atoms with E-state index in [9.17, 15) is 4.79 Å². The zero-order valence-corrected chi connectivity index (χ0v) is 13.7. The molecule has 1 aromatic heterocycles. The van der Waals surface area contributed by atoms with Gasteiger partial charge in [-0.1, -0.05) is 0 Å². The number of carbonyl (C=O) groups excluding carboxylic acids is 1. The van der Waals surface area contributed by atoms with Crippen molar-refractivity contribution in [2.24, 2.45) is 0 Å². The summed E-state index contributed by atoms with van der Waals surface area (Å²) in [6.07, 6.45) is 7.20. The van der Waals surface area contributed by atoms with E-state index in [2.05, 4.69) is 34.0 Å². The molecule has 6 heteroatoms. The highest BCUT2D eigenvalue weighted by Gasteiger charge is 2.57. The number of aromatic nitrogens is 2. The van der Waals surface area contributed by atoms with Crippen LogP contribution in [0.25, 0.3) is 0 Å². The van der Waals surface area contributed by atoms with Crippen molar-refractivity contribution in [1.29, 1.82) is 0 Å². The highest BCUT2D eigenvalue weighted by molar-refractivity contribution is 5.76. The lowest BCUT2D eigenvalue weighted by Crippen LogP contribution is -2.51. The molecule has 6 nitrogen and oxygen atoms in total. The van der Waals surface area contributed by atoms with Crippen LogP contribution in [-0.2, 0) is 16.1 Å². The fourth-order valence-corrected chi connectivity index (χ4v) is 4.21. The van der Waals surface area contributed by atoms with Crippen LogP contribution in [0.2, 0.25) is 0 Å². The predicted octanol–water partition coefficient (Wildman–Crippen LogP) is 1.45. The molecule has 1 spiro atoms. The molecule has 0 aromatic carbocycles. The number of nitrogens with one attached hydrogen (secondary N) is 2. The van der Waals surface area contributed by atoms with Crippen LogP contribution in [0.3, 0.4) is 0 Å². The van der Waals surface area contributed by atoms with E-state index in [0.29, 0.717) is 6.42 Å². The van der Waals surface area contributed by atoms with E-state index in [-0.39, 0.29) is 23.2 Å². The average molecular weight is 306 g/mol. The van der Waals surface area contributed by atoms with Crippen molar-refractivity contribution in [2.45, 2.75) is 63.3 Å². The number of amides is 1. The molecule has 1 amide bonds. The van der Waals surface area contributed by atoms with Crippen LogP contribution in [0.15, 0.2) is 12.4 Å². The van der Waals surface area contributed by atoms with Crippen molar-refractivity contribution < 1.29 is 9.53 Å². The third kappa shape index (κ3) is 2.77. The monoisotopic (exact) mass is 306 g/mol. The minimum absolute atomic E-state index is 0.0481. The molecule has 2 fully saturated rings. The van der Waals surface area contributed by atoms with Gasteiger partial charge >= 0.3 is 0 Å². The fraction of sp³-hybridized carbons (Fsp3) is 0.750. The van der Waals surface area contributed by atoms with Gasteiger partial charge in [0.1, 0.15) is 5.82 Å². The molecule has 0 radical (unpaired) electrons. The van der Waals surface area contributed by atoms with Gasteiger partial charge in [0, 0.05) is 19.4 Å². The Kier molecular flexibility index (Phi) is 3.99. The topological polar surface area (TPSA) is 70.2 Å². The summed E-state index contributed by atoms with van der Waals surface area (Å²) in [5, 5.41) is 2.73. The predicted molar refractivity (Wildman–Crippen MR) is 83.2 cm³/mol. The number of H-pyrrole nitrogens is 1. The van der Waals surface area contributed by atoms with Crippen molar-refractivity contribution in [2.75, 3.05) is 13.6 Å². The molecular formula is C16H26N4O2. The van der Waals surface area contributed by atoms with Gasteiger partial charge < -0.3 is 15.0 Å². The molecule has 1 aromatic rings. The first-order chi connectivity index (χ1) is 10.5. The van der Waals surface area contributed by atoms with Gasteiger partial charge in [0.25, 0.3) is 0 Å². The van der Waals surface area contributed by atoms with Crippen molar-refractivity contribution in [3.05, 3.63) is 18.2 Å². The molecule has 3 heterocycles. The van der Waals surface area contributed by atoms with Crippen LogP contribution in [0.5, 0.6) is 0 Å². The zero-order valence-electron chi connectivity index (χ0n) is 13.7. The molecule has 2 saturated heterocycles. The molecule has 0 unspecified atom stereocenters. The van der Waals surface area contributed by atoms with E-state index >= 15 is 0 Å². The first-order valence-electron chi connectivity index (χ1n) is 8.07. The van der Waals surface area contributed by atoms with Gasteiger partial charge in [-0.25, -0.2) is 4.98 Å². The maximum Gasteiger partial charge on any atom is 0.222 e. The summed E-state index contributed by atoms with van der Waals surface area (Å²) in [6, 6.07) is 0. The number of aromatic amines is 1. The normalized spacial score (nSPS) is 31.0. The van der Waals surface area contributed by atoms with E-state index in [1.165, 1.54) is 0 Å². The van der Waals surface area contributed by atoms with E-state index < -0.39 is 0 Å². The first-order valence-corrected chi connectivity index (χ1v) is 8.07. The SMILES string of the molecule is CNC(=O)C[C@@H]1OC(C)(C)C[C@]12CCCN2Cc1ncc[nH]1. The first kappa shape index (κ1) is 15.5. The van der Waals surface area contributed by atoms with Gasteiger partial charge in [0.2, 0.25) is 5.91 Å². The lowest BCUT2D eigenvalue weighted by Gasteiger charge is -2.38. The van der Waals surface area contributed by atoms with Crippen LogP contribution in [0.4, 0.5) is 0 Å². The Labute approximate surface area is 131 Å². The number of ether oxygens (including phenoxy) is 1. The minimum Gasteiger partial charge on any atom is -0.370 e. The van der Waals surface area contributed by atoms with Gasteiger partial charge in [-0.3, -0.25) is 9.69 Å². The smallest absolute Gasteiger partial charge is 0.222 e. The van der Waals surface area contributed by atoms with Crippen LogP contribution < -0.4 is 5.32 Å². The van der Waals surface area contributed by atoms with Crippen molar-refractivity contribution >= 4 is 5.91 Å². The second-order valence-electron chi connectivity index (χ2n) is 7.08. The Balaban J connectivity index is 1.84. The van der Waals surface area contributed by atoms with Crippen LogP contribution in [0, 0.1) is 0 Å². The zero-order chi connectivity index (χ0) is 15.8. The van der Waals surface area contributed by atoms with Gasteiger partial charge in [-0.15, -0.1) is 0 Å². The Bertz CT molecular complexity index is 528. The minimum atomic E-state index is -0.190. The summed E-state index contributed by atoms with van der Waals surface area (Å²) in [7, 11) is 1.68. The van der Waals surface area contributed by atoms with Gasteiger partial charge in [0.15, 0.2) is 0 Å². The number of carbonyl (C=O) groups is 1. The highest BCUT2D eigenvalue weighted by Crippen LogP contribution is 2.49. The number of likely N-dealkylation sites (tertiary alicyclic amines) is 1. The highest BCUT2D eigenvalue weighted by atomic mass is 16.5. The molecule has 3 rings (SSSR count). The average Bonchev–Trinajstić information content (AvgIpc) is 3.14. The molecule has 0 bridgehead atoms. The Morgan fingerprint density at radius 1 is 1.59 bits per heavy atom. The van der Waals surface area contributed by atoms with Crippen molar-refractivity contribution in [3.8, 4) is 0 Å². The summed E-state index contributed by atoms with van der Waals surface area (Å²) in [5.41, 5.74) is -0.243. The van der Waals surface area contributed by atoms with E-state index in [0.717, 1.165) is 38.2 Å². The Morgan fingerprint density at radius 3 is 3.09 bits per heavy atom. The number of imidazole rings is 1. The van der Waals surface area contributed by atoms with Gasteiger partial charge in [-0.2, -0.15) is 0 Å². The molecule has 2 aliphatic heterocycles. The molecule has 2 atom stereocenters. The largest absolute Gasteiger partial charge is 0.370 e. The maximum absolute atomic E-state index is 11.9. The van der Waals surface area contributed by atoms with Gasteiger partial charge in [0.05, 0.1) is 30.2 Å². The Morgan fingerprint density at radius 2 is 2.41 bits per heavy atom. The summed E-state index contributed by atoms with van der Waals surface area (Å²) >= 11 is 0. The standard InChI is InChI=1S/C16H26N4O2/c1-15(2)11-16(12(22-15)9-14(21)17-3)5-4-8-20(16)10-13-18-6-7-19-13/h6-7,12H,4-5,8-11H2,1-3H3,(H,17,21)(H,18,19)/t12-,16+/m0/s1. The number of hydrogen-bond acceptors (Lipinski definition) is 4. The van der Waals surface area contributed by atoms with Crippen LogP contribution in [-0.4, -0.2) is 51.6 Å². The second-order valence-corrected chi connectivity index (χ2v) is 7.08. The summed E-state index contributed by atoms with van der Waals surface area (Å²) in [6.45, 7) is 6.07. The van der Waals surface area contributed by atoms with Crippen LogP contribution in [0.1, 0.15) is 45.4 Å². The summed E-state index contributed by atoms with van der Waals surface area (Å²) in [4.78, 5) is 21.9. The molecule has 122 valence electrons. The molecule has 0 aliphatic carbocycles. The number of hydrogen-bond donors (Lipinski definition) is 2. The van der Waals surface area contributed by atoms with Crippen molar-refractivity contribution in [1.82, 2.24) is 20.2 Å². The van der Waals surface area contributed by atoms with E-state index in [1.54, 1.807) is 13.2 Å². The van der Waals surface area contributed by atoms with Gasteiger partial charge in [-0.05, 0) is 39.7 Å². The molecule has 2 N–H and O–H groups in total. The van der Waals surface area contributed by atoms with E-state index in [4.69, 9.17) is 4.74 Å². The molecule has 2 aliphatic rings.